The molecule has 0 aromatic heterocycles. The summed E-state index contributed by atoms with van der Waals surface area (Å²) >= 11 is 0. The van der Waals surface area contributed by atoms with Crippen LogP contribution in [0.15, 0.2) is 18.2 Å². The number of benzene rings is 1. The maximum Gasteiger partial charge on any atom is 0.573 e. The quantitative estimate of drug-likeness (QED) is 0.862. The molecule has 1 fully saturated rings. The Hall–Kier alpha value is -1.01. The summed E-state index contributed by atoms with van der Waals surface area (Å²) in [6, 6.07) is 2.34. The van der Waals surface area contributed by atoms with Gasteiger partial charge in [-0.3, -0.25) is 0 Å². The Morgan fingerprint density at radius 1 is 1.28 bits per heavy atom. The van der Waals surface area contributed by atoms with Gasteiger partial charge in [-0.1, -0.05) is 0 Å². The Morgan fingerprint density at radius 3 is 2.39 bits per heavy atom. The van der Waals surface area contributed by atoms with Crippen molar-refractivity contribution in [2.45, 2.75) is 25.2 Å². The Balaban J connectivity index is 0.00000162. The van der Waals surface area contributed by atoms with E-state index in [0.717, 1.165) is 31.0 Å². The standard InChI is InChI=1S/C11H11F4NO.ClH/c12-9-4-3-7(17-11(13,14)15)5-8(9)10(16)6-1-2-6;/h3-6,10H,1-2,16H2;1H/t10-;/m1./s1. The van der Waals surface area contributed by atoms with Crippen LogP contribution in [-0.2, 0) is 0 Å². The third-order valence-corrected chi connectivity index (χ3v) is 2.69. The van der Waals surface area contributed by atoms with Crippen LogP contribution in [0.4, 0.5) is 17.6 Å². The molecule has 0 saturated heterocycles. The van der Waals surface area contributed by atoms with Gasteiger partial charge < -0.3 is 10.5 Å². The topological polar surface area (TPSA) is 35.2 Å². The van der Waals surface area contributed by atoms with E-state index in [1.807, 2.05) is 0 Å². The Labute approximate surface area is 108 Å². The van der Waals surface area contributed by atoms with Crippen LogP contribution < -0.4 is 10.5 Å². The zero-order valence-electron chi connectivity index (χ0n) is 9.21. The van der Waals surface area contributed by atoms with Crippen molar-refractivity contribution in [3.63, 3.8) is 0 Å². The second-order valence-electron chi connectivity index (χ2n) is 4.09. The number of hydrogen-bond acceptors (Lipinski definition) is 2. The summed E-state index contributed by atoms with van der Waals surface area (Å²) in [5, 5.41) is 0. The average Bonchev–Trinajstić information content (AvgIpc) is 3.01. The van der Waals surface area contributed by atoms with Crippen LogP contribution in [0.2, 0.25) is 0 Å². The largest absolute Gasteiger partial charge is 0.573 e. The van der Waals surface area contributed by atoms with Crippen LogP contribution in [0.5, 0.6) is 5.75 Å². The van der Waals surface area contributed by atoms with Crippen molar-refractivity contribution in [2.75, 3.05) is 0 Å². The molecule has 0 unspecified atom stereocenters. The van der Waals surface area contributed by atoms with Crippen LogP contribution in [0.25, 0.3) is 0 Å². The van der Waals surface area contributed by atoms with Crippen molar-refractivity contribution in [1.29, 1.82) is 0 Å². The number of ether oxygens (including phenoxy) is 1. The second-order valence-corrected chi connectivity index (χ2v) is 4.09. The molecule has 2 N–H and O–H groups in total. The first-order valence-electron chi connectivity index (χ1n) is 5.17. The van der Waals surface area contributed by atoms with Gasteiger partial charge >= 0.3 is 6.36 Å². The van der Waals surface area contributed by atoms with Gasteiger partial charge in [-0.2, -0.15) is 0 Å². The van der Waals surface area contributed by atoms with Gasteiger partial charge in [0.2, 0.25) is 0 Å². The predicted octanol–water partition coefficient (Wildman–Crippen LogP) is 3.56. The van der Waals surface area contributed by atoms with Gasteiger partial charge in [0.25, 0.3) is 0 Å². The van der Waals surface area contributed by atoms with Crippen molar-refractivity contribution in [3.05, 3.63) is 29.6 Å². The number of hydrogen-bond donors (Lipinski definition) is 1. The van der Waals surface area contributed by atoms with Crippen molar-refractivity contribution < 1.29 is 22.3 Å². The minimum atomic E-state index is -4.78. The fourth-order valence-electron chi connectivity index (χ4n) is 1.68. The van der Waals surface area contributed by atoms with Gasteiger partial charge in [-0.25, -0.2) is 4.39 Å². The van der Waals surface area contributed by atoms with Gasteiger partial charge in [0, 0.05) is 11.6 Å². The van der Waals surface area contributed by atoms with E-state index >= 15 is 0 Å². The fourth-order valence-corrected chi connectivity index (χ4v) is 1.68. The Morgan fingerprint density at radius 2 is 1.89 bits per heavy atom. The highest BCUT2D eigenvalue weighted by molar-refractivity contribution is 5.85. The first-order chi connectivity index (χ1) is 7.87. The predicted molar refractivity (Wildman–Crippen MR) is 60.0 cm³/mol. The van der Waals surface area contributed by atoms with E-state index in [4.69, 9.17) is 5.73 Å². The lowest BCUT2D eigenvalue weighted by Gasteiger charge is -2.14. The van der Waals surface area contributed by atoms with Crippen molar-refractivity contribution in [1.82, 2.24) is 0 Å². The van der Waals surface area contributed by atoms with Crippen molar-refractivity contribution in [3.8, 4) is 5.75 Å². The van der Waals surface area contributed by atoms with E-state index < -0.39 is 24.0 Å². The van der Waals surface area contributed by atoms with Gasteiger partial charge in [0.05, 0.1) is 0 Å². The van der Waals surface area contributed by atoms with Crippen LogP contribution in [0.1, 0.15) is 24.4 Å². The SMILES string of the molecule is Cl.N[C@@H](c1cc(OC(F)(F)F)ccc1F)C1CC1. The normalized spacial score (nSPS) is 16.9. The van der Waals surface area contributed by atoms with E-state index in [9.17, 15) is 17.6 Å². The molecule has 0 amide bonds. The van der Waals surface area contributed by atoms with Gasteiger partial charge in [-0.05, 0) is 37.0 Å². The third-order valence-electron chi connectivity index (χ3n) is 2.69. The monoisotopic (exact) mass is 285 g/mol. The summed E-state index contributed by atoms with van der Waals surface area (Å²) in [6.45, 7) is 0. The van der Waals surface area contributed by atoms with Crippen LogP contribution >= 0.6 is 12.4 Å². The first kappa shape index (κ1) is 15.0. The minimum absolute atomic E-state index is 0. The number of alkyl halides is 3. The van der Waals surface area contributed by atoms with E-state index in [1.54, 1.807) is 0 Å². The molecule has 1 aliphatic rings. The summed E-state index contributed by atoms with van der Waals surface area (Å²) in [7, 11) is 0. The van der Waals surface area contributed by atoms with E-state index in [-0.39, 0.29) is 23.9 Å². The smallest absolute Gasteiger partial charge is 0.406 e. The molecule has 0 radical (unpaired) electrons. The third kappa shape index (κ3) is 3.74. The van der Waals surface area contributed by atoms with Crippen molar-refractivity contribution >= 4 is 12.4 Å². The van der Waals surface area contributed by atoms with E-state index in [0.29, 0.717) is 0 Å². The van der Waals surface area contributed by atoms with Crippen molar-refractivity contribution in [2.24, 2.45) is 11.7 Å². The zero-order chi connectivity index (χ0) is 12.6. The molecule has 2 nitrogen and oxygen atoms in total. The van der Waals surface area contributed by atoms with E-state index in [2.05, 4.69) is 4.74 Å². The molecule has 0 aliphatic heterocycles. The average molecular weight is 286 g/mol. The molecule has 0 spiro atoms. The molecular formula is C11H12ClF4NO. The molecule has 0 heterocycles. The lowest BCUT2D eigenvalue weighted by atomic mass is 10.0. The molecule has 1 atom stereocenters. The summed E-state index contributed by atoms with van der Waals surface area (Å²) in [5.74, 6) is -0.880. The molecule has 7 heteroatoms. The summed E-state index contributed by atoms with van der Waals surface area (Å²) < 4.78 is 53.1. The van der Waals surface area contributed by atoms with Crippen LogP contribution in [-0.4, -0.2) is 6.36 Å². The number of rotatable bonds is 3. The Bertz CT molecular complexity index is 420. The number of halogens is 5. The lowest BCUT2D eigenvalue weighted by Crippen LogP contribution is -2.18. The van der Waals surface area contributed by atoms with Gasteiger partial charge in [0.1, 0.15) is 11.6 Å². The van der Waals surface area contributed by atoms with Gasteiger partial charge in [0.15, 0.2) is 0 Å². The minimum Gasteiger partial charge on any atom is -0.406 e. The van der Waals surface area contributed by atoms with E-state index in [1.165, 1.54) is 0 Å². The summed E-state index contributed by atoms with van der Waals surface area (Å²) in [5.41, 5.74) is 5.83. The molecule has 18 heavy (non-hydrogen) atoms. The molecular weight excluding hydrogens is 274 g/mol. The summed E-state index contributed by atoms with van der Waals surface area (Å²) in [4.78, 5) is 0. The van der Waals surface area contributed by atoms with Crippen LogP contribution in [0, 0.1) is 11.7 Å². The molecule has 102 valence electrons. The van der Waals surface area contributed by atoms with Gasteiger partial charge in [-0.15, -0.1) is 25.6 Å². The maximum atomic E-state index is 13.4. The molecule has 0 bridgehead atoms. The molecule has 1 aliphatic carbocycles. The lowest BCUT2D eigenvalue weighted by molar-refractivity contribution is -0.274. The summed E-state index contributed by atoms with van der Waals surface area (Å²) in [6.07, 6.45) is -3.02. The highest BCUT2D eigenvalue weighted by atomic mass is 35.5. The molecule has 2 rings (SSSR count). The fraction of sp³-hybridized carbons (Fsp3) is 0.455. The maximum absolute atomic E-state index is 13.4. The zero-order valence-corrected chi connectivity index (χ0v) is 10.0. The highest BCUT2D eigenvalue weighted by Crippen LogP contribution is 2.41. The first-order valence-corrected chi connectivity index (χ1v) is 5.17. The molecule has 1 saturated carbocycles. The Kier molecular flexibility index (Phi) is 4.45. The second kappa shape index (κ2) is 5.32. The van der Waals surface area contributed by atoms with Crippen LogP contribution in [0.3, 0.4) is 0 Å². The molecule has 1 aromatic rings. The number of nitrogens with two attached hydrogens (primary N) is 1. The highest BCUT2D eigenvalue weighted by Gasteiger charge is 2.33. The molecule has 1 aromatic carbocycles.